The summed E-state index contributed by atoms with van der Waals surface area (Å²) in [5.41, 5.74) is 2.93. The number of hydrogen-bond donors (Lipinski definition) is 1. The summed E-state index contributed by atoms with van der Waals surface area (Å²) in [7, 11) is 0. The fourth-order valence-electron chi connectivity index (χ4n) is 3.49. The lowest BCUT2D eigenvalue weighted by Gasteiger charge is -2.15. The third kappa shape index (κ3) is 4.75. The van der Waals surface area contributed by atoms with Crippen LogP contribution >= 0.6 is 11.6 Å². The minimum atomic E-state index is -0.601. The van der Waals surface area contributed by atoms with Crippen molar-refractivity contribution in [1.82, 2.24) is 30.0 Å². The summed E-state index contributed by atoms with van der Waals surface area (Å²) in [5, 5.41) is 7.90. The largest absolute Gasteiger partial charge is 0.344 e. The SMILES string of the molecule is CC(NC(=O)c1cc(-c2ccc(Cl)cc2)nc(-c2cnn(C3CC3)c2)n1)c1ccnc(F)c1. The standard InChI is InChI=1S/C24H20ClFN6O/c1-14(16-8-9-27-22(26)10-16)29-24(33)21-11-20(15-2-4-18(25)5-3-15)30-23(31-21)17-12-28-32(13-17)19-6-7-19/h2-5,8-14,19H,6-7H2,1H3,(H,29,33). The molecule has 1 fully saturated rings. The molecule has 1 N–H and O–H groups in total. The summed E-state index contributed by atoms with van der Waals surface area (Å²) in [4.78, 5) is 25.9. The number of pyridine rings is 1. The predicted molar refractivity (Wildman–Crippen MR) is 122 cm³/mol. The maximum absolute atomic E-state index is 13.5. The number of rotatable bonds is 6. The number of nitrogens with one attached hydrogen (secondary N) is 1. The Bertz CT molecular complexity index is 1320. The fourth-order valence-corrected chi connectivity index (χ4v) is 3.62. The maximum Gasteiger partial charge on any atom is 0.270 e. The summed E-state index contributed by atoms with van der Waals surface area (Å²) in [6, 6.07) is 11.8. The van der Waals surface area contributed by atoms with Gasteiger partial charge >= 0.3 is 0 Å². The Kier molecular flexibility index (Phi) is 5.60. The van der Waals surface area contributed by atoms with Crippen LogP contribution in [0.4, 0.5) is 4.39 Å². The first-order valence-corrected chi connectivity index (χ1v) is 11.0. The number of carbonyl (C=O) groups excluding carboxylic acids is 1. The topological polar surface area (TPSA) is 85.6 Å². The van der Waals surface area contributed by atoms with Gasteiger partial charge in [-0.3, -0.25) is 9.48 Å². The van der Waals surface area contributed by atoms with Crippen LogP contribution in [0.15, 0.2) is 61.1 Å². The highest BCUT2D eigenvalue weighted by Crippen LogP contribution is 2.35. The molecule has 33 heavy (non-hydrogen) atoms. The fraction of sp³-hybridized carbons (Fsp3) is 0.208. The van der Waals surface area contributed by atoms with Crippen LogP contribution in [0.25, 0.3) is 22.6 Å². The Hall–Kier alpha value is -3.65. The van der Waals surface area contributed by atoms with Crippen molar-refractivity contribution in [1.29, 1.82) is 0 Å². The maximum atomic E-state index is 13.5. The average Bonchev–Trinajstić information content (AvgIpc) is 3.55. The first-order valence-electron chi connectivity index (χ1n) is 10.6. The third-order valence-corrected chi connectivity index (χ3v) is 5.73. The summed E-state index contributed by atoms with van der Waals surface area (Å²) >= 11 is 6.03. The molecule has 1 aromatic carbocycles. The van der Waals surface area contributed by atoms with E-state index in [9.17, 15) is 9.18 Å². The summed E-state index contributed by atoms with van der Waals surface area (Å²) in [6.45, 7) is 1.77. The number of carbonyl (C=O) groups is 1. The highest BCUT2D eigenvalue weighted by molar-refractivity contribution is 6.30. The molecule has 0 saturated heterocycles. The molecule has 1 aliphatic rings. The second-order valence-electron chi connectivity index (χ2n) is 8.02. The second kappa shape index (κ2) is 8.71. The van der Waals surface area contributed by atoms with Crippen LogP contribution in [0.3, 0.4) is 0 Å². The zero-order chi connectivity index (χ0) is 22.9. The Labute approximate surface area is 194 Å². The summed E-state index contributed by atoms with van der Waals surface area (Å²) in [6.07, 6.45) is 7.19. The monoisotopic (exact) mass is 462 g/mol. The Morgan fingerprint density at radius 1 is 1.15 bits per heavy atom. The van der Waals surface area contributed by atoms with Gasteiger partial charge in [-0.25, -0.2) is 15.0 Å². The molecule has 0 radical (unpaired) electrons. The van der Waals surface area contributed by atoms with Gasteiger partial charge < -0.3 is 5.32 Å². The molecule has 1 unspecified atom stereocenters. The quantitative estimate of drug-likeness (QED) is 0.406. The molecule has 1 atom stereocenters. The molecule has 1 aliphatic carbocycles. The zero-order valence-electron chi connectivity index (χ0n) is 17.7. The van der Waals surface area contributed by atoms with Crippen molar-refractivity contribution in [3.63, 3.8) is 0 Å². The van der Waals surface area contributed by atoms with Gasteiger partial charge in [-0.1, -0.05) is 23.7 Å². The van der Waals surface area contributed by atoms with Crippen LogP contribution in [-0.2, 0) is 0 Å². The average molecular weight is 463 g/mol. The van der Waals surface area contributed by atoms with Gasteiger partial charge in [0.05, 0.1) is 29.5 Å². The predicted octanol–water partition coefficient (Wildman–Crippen LogP) is 5.02. The van der Waals surface area contributed by atoms with Crippen molar-refractivity contribution in [3.05, 3.63) is 83.3 Å². The van der Waals surface area contributed by atoms with Crippen LogP contribution in [-0.4, -0.2) is 30.6 Å². The van der Waals surface area contributed by atoms with Gasteiger partial charge in [0.15, 0.2) is 5.82 Å². The van der Waals surface area contributed by atoms with E-state index in [4.69, 9.17) is 11.6 Å². The van der Waals surface area contributed by atoms with E-state index in [1.54, 1.807) is 37.4 Å². The molecule has 0 bridgehead atoms. The van der Waals surface area contributed by atoms with Gasteiger partial charge in [0.1, 0.15) is 5.69 Å². The molecule has 5 rings (SSSR count). The number of aromatic nitrogens is 5. The van der Waals surface area contributed by atoms with Gasteiger partial charge in [-0.15, -0.1) is 0 Å². The minimum Gasteiger partial charge on any atom is -0.344 e. The Balaban J connectivity index is 1.50. The molecule has 7 nitrogen and oxygen atoms in total. The molecule has 9 heteroatoms. The van der Waals surface area contributed by atoms with E-state index in [1.165, 1.54) is 12.3 Å². The molecule has 1 amide bonds. The molecule has 3 aromatic heterocycles. The third-order valence-electron chi connectivity index (χ3n) is 5.48. The van der Waals surface area contributed by atoms with Crippen LogP contribution in [0.5, 0.6) is 0 Å². The first-order chi connectivity index (χ1) is 16.0. The normalized spacial score (nSPS) is 14.2. The van der Waals surface area contributed by atoms with Crippen molar-refractivity contribution in [2.75, 3.05) is 0 Å². The van der Waals surface area contributed by atoms with E-state index in [2.05, 4.69) is 25.4 Å². The van der Waals surface area contributed by atoms with Crippen LogP contribution in [0.2, 0.25) is 5.02 Å². The lowest BCUT2D eigenvalue weighted by atomic mass is 10.1. The van der Waals surface area contributed by atoms with E-state index >= 15 is 0 Å². The van der Waals surface area contributed by atoms with Crippen molar-refractivity contribution in [2.24, 2.45) is 0 Å². The van der Waals surface area contributed by atoms with Crippen molar-refractivity contribution < 1.29 is 9.18 Å². The van der Waals surface area contributed by atoms with Crippen LogP contribution in [0.1, 0.15) is 47.9 Å². The lowest BCUT2D eigenvalue weighted by Crippen LogP contribution is -2.28. The van der Waals surface area contributed by atoms with E-state index in [0.717, 1.165) is 24.0 Å². The molecular weight excluding hydrogens is 443 g/mol. The lowest BCUT2D eigenvalue weighted by molar-refractivity contribution is 0.0934. The van der Waals surface area contributed by atoms with Gasteiger partial charge in [0, 0.05) is 23.0 Å². The molecular formula is C24H20ClFN6O. The number of hydrogen-bond acceptors (Lipinski definition) is 5. The van der Waals surface area contributed by atoms with Crippen LogP contribution in [0, 0.1) is 5.95 Å². The molecule has 0 spiro atoms. The highest BCUT2D eigenvalue weighted by atomic mass is 35.5. The summed E-state index contributed by atoms with van der Waals surface area (Å²) in [5.74, 6) is -0.592. The van der Waals surface area contributed by atoms with Gasteiger partial charge in [-0.05, 0) is 55.7 Å². The minimum absolute atomic E-state index is 0.200. The van der Waals surface area contributed by atoms with Crippen LogP contribution < -0.4 is 5.32 Å². The van der Waals surface area contributed by atoms with Crippen molar-refractivity contribution in [3.8, 4) is 22.6 Å². The van der Waals surface area contributed by atoms with Crippen molar-refractivity contribution in [2.45, 2.75) is 31.8 Å². The number of amides is 1. The molecule has 166 valence electrons. The van der Waals surface area contributed by atoms with E-state index in [-0.39, 0.29) is 5.69 Å². The second-order valence-corrected chi connectivity index (χ2v) is 8.45. The summed E-state index contributed by atoms with van der Waals surface area (Å²) < 4.78 is 15.4. The van der Waals surface area contributed by atoms with E-state index in [1.807, 2.05) is 23.0 Å². The highest BCUT2D eigenvalue weighted by Gasteiger charge is 2.25. The molecule has 3 heterocycles. The van der Waals surface area contributed by atoms with E-state index < -0.39 is 17.9 Å². The Morgan fingerprint density at radius 2 is 1.94 bits per heavy atom. The van der Waals surface area contributed by atoms with E-state index in [0.29, 0.717) is 28.1 Å². The molecule has 0 aliphatic heterocycles. The zero-order valence-corrected chi connectivity index (χ0v) is 18.5. The molecule has 4 aromatic rings. The number of nitrogens with zero attached hydrogens (tertiary/aromatic N) is 5. The number of benzene rings is 1. The van der Waals surface area contributed by atoms with Crippen molar-refractivity contribution >= 4 is 17.5 Å². The molecule has 1 saturated carbocycles. The number of halogens is 2. The Morgan fingerprint density at radius 3 is 2.67 bits per heavy atom. The first kappa shape index (κ1) is 21.2. The van der Waals surface area contributed by atoms with Gasteiger partial charge in [0.2, 0.25) is 5.95 Å². The smallest absolute Gasteiger partial charge is 0.270 e. The van der Waals surface area contributed by atoms with Gasteiger partial charge in [0.25, 0.3) is 5.91 Å². The van der Waals surface area contributed by atoms with Gasteiger partial charge in [-0.2, -0.15) is 9.49 Å².